The molecular formula is C17H15Cl2NO3S. The quantitative estimate of drug-likeness (QED) is 0.771. The average molecular weight is 384 g/mol. The van der Waals surface area contributed by atoms with Crippen molar-refractivity contribution in [3.05, 3.63) is 52.0 Å². The number of hydrogen-bond acceptors (Lipinski definition) is 4. The Morgan fingerprint density at radius 2 is 2.00 bits per heavy atom. The summed E-state index contributed by atoms with van der Waals surface area (Å²) in [6, 6.07) is 10.9. The molecule has 1 heterocycles. The van der Waals surface area contributed by atoms with E-state index in [4.69, 9.17) is 32.7 Å². The molecule has 4 nitrogen and oxygen atoms in total. The highest BCUT2D eigenvalue weighted by molar-refractivity contribution is 8.00. The zero-order chi connectivity index (χ0) is 17.1. The first kappa shape index (κ1) is 17.3. The van der Waals surface area contributed by atoms with Gasteiger partial charge in [0.05, 0.1) is 10.3 Å². The van der Waals surface area contributed by atoms with Crippen LogP contribution in [-0.2, 0) is 11.3 Å². The van der Waals surface area contributed by atoms with Crippen molar-refractivity contribution in [1.29, 1.82) is 0 Å². The van der Waals surface area contributed by atoms with Crippen molar-refractivity contribution in [3.8, 4) is 11.5 Å². The number of benzene rings is 2. The third-order valence-corrected chi connectivity index (χ3v) is 5.31. The third-order valence-electron chi connectivity index (χ3n) is 3.47. The molecule has 0 saturated carbocycles. The molecule has 126 valence electrons. The van der Waals surface area contributed by atoms with E-state index < -0.39 is 0 Å². The number of halogens is 2. The van der Waals surface area contributed by atoms with Crippen LogP contribution in [0.1, 0.15) is 12.5 Å². The zero-order valence-corrected chi connectivity index (χ0v) is 15.2. The Kier molecular flexibility index (Phi) is 5.43. The fourth-order valence-corrected chi connectivity index (χ4v) is 3.63. The molecule has 1 atom stereocenters. The summed E-state index contributed by atoms with van der Waals surface area (Å²) < 4.78 is 10.6. The lowest BCUT2D eigenvalue weighted by atomic mass is 10.2. The molecule has 7 heteroatoms. The smallest absolute Gasteiger partial charge is 0.233 e. The lowest BCUT2D eigenvalue weighted by Crippen LogP contribution is -2.30. The molecule has 0 aromatic heterocycles. The molecule has 1 aliphatic rings. The van der Waals surface area contributed by atoms with Crippen LogP contribution in [0.3, 0.4) is 0 Å². The van der Waals surface area contributed by atoms with Gasteiger partial charge in [-0.15, -0.1) is 11.8 Å². The van der Waals surface area contributed by atoms with E-state index in [1.807, 2.05) is 31.2 Å². The minimum atomic E-state index is -0.280. The first-order valence-corrected chi connectivity index (χ1v) is 8.94. The molecule has 3 rings (SSSR count). The third kappa shape index (κ3) is 4.09. The number of amides is 1. The fourth-order valence-electron chi connectivity index (χ4n) is 2.20. The fraction of sp³-hybridized carbons (Fsp3) is 0.235. The summed E-state index contributed by atoms with van der Waals surface area (Å²) in [5.74, 6) is 1.37. The van der Waals surface area contributed by atoms with Crippen LogP contribution in [0.2, 0.25) is 10.0 Å². The van der Waals surface area contributed by atoms with Crippen LogP contribution >= 0.6 is 35.0 Å². The molecule has 0 spiro atoms. The molecule has 24 heavy (non-hydrogen) atoms. The molecular weight excluding hydrogens is 369 g/mol. The van der Waals surface area contributed by atoms with E-state index >= 15 is 0 Å². The van der Waals surface area contributed by atoms with Crippen LogP contribution < -0.4 is 14.8 Å². The van der Waals surface area contributed by atoms with Crippen molar-refractivity contribution in [2.45, 2.75) is 23.6 Å². The predicted octanol–water partition coefficient (Wildman–Crippen LogP) is 4.52. The maximum Gasteiger partial charge on any atom is 0.233 e. The van der Waals surface area contributed by atoms with Gasteiger partial charge in [0.1, 0.15) is 0 Å². The second-order valence-electron chi connectivity index (χ2n) is 5.24. The van der Waals surface area contributed by atoms with Crippen LogP contribution in [-0.4, -0.2) is 18.0 Å². The van der Waals surface area contributed by atoms with Crippen LogP contribution in [0, 0.1) is 0 Å². The van der Waals surface area contributed by atoms with Crippen molar-refractivity contribution in [2.75, 3.05) is 6.79 Å². The second-order valence-corrected chi connectivity index (χ2v) is 7.47. The summed E-state index contributed by atoms with van der Waals surface area (Å²) in [7, 11) is 0. The van der Waals surface area contributed by atoms with E-state index in [2.05, 4.69) is 5.32 Å². The summed E-state index contributed by atoms with van der Waals surface area (Å²) in [6.07, 6.45) is 0. The Balaban J connectivity index is 1.56. The summed E-state index contributed by atoms with van der Waals surface area (Å²) in [4.78, 5) is 13.1. The number of nitrogens with one attached hydrogen (secondary N) is 1. The average Bonchev–Trinajstić information content (AvgIpc) is 3.02. The highest BCUT2D eigenvalue weighted by Crippen LogP contribution is 2.33. The Morgan fingerprint density at radius 3 is 2.79 bits per heavy atom. The molecule has 0 aliphatic carbocycles. The van der Waals surface area contributed by atoms with Gasteiger partial charge in [0.2, 0.25) is 12.7 Å². The summed E-state index contributed by atoms with van der Waals surface area (Å²) in [6.45, 7) is 2.50. The number of fused-ring (bicyclic) bond motifs is 1. The van der Waals surface area contributed by atoms with Gasteiger partial charge in [-0.05, 0) is 42.8 Å². The maximum atomic E-state index is 12.3. The largest absolute Gasteiger partial charge is 0.454 e. The van der Waals surface area contributed by atoms with Gasteiger partial charge in [-0.3, -0.25) is 4.79 Å². The molecule has 1 aliphatic heterocycles. The van der Waals surface area contributed by atoms with Gasteiger partial charge in [-0.25, -0.2) is 0 Å². The summed E-state index contributed by atoms with van der Waals surface area (Å²) in [5.41, 5.74) is 0.953. The van der Waals surface area contributed by atoms with Crippen LogP contribution in [0.25, 0.3) is 0 Å². The van der Waals surface area contributed by atoms with Crippen LogP contribution in [0.4, 0.5) is 0 Å². The summed E-state index contributed by atoms with van der Waals surface area (Å²) >= 11 is 13.4. The van der Waals surface area contributed by atoms with Crippen molar-refractivity contribution in [2.24, 2.45) is 0 Å². The molecule has 2 aromatic rings. The normalized spacial score (nSPS) is 13.6. The highest BCUT2D eigenvalue weighted by atomic mass is 35.5. The van der Waals surface area contributed by atoms with Gasteiger partial charge in [0.15, 0.2) is 11.5 Å². The molecule has 0 saturated heterocycles. The zero-order valence-electron chi connectivity index (χ0n) is 12.8. The van der Waals surface area contributed by atoms with E-state index in [0.29, 0.717) is 22.3 Å². The van der Waals surface area contributed by atoms with Gasteiger partial charge < -0.3 is 14.8 Å². The summed E-state index contributed by atoms with van der Waals surface area (Å²) in [5, 5.41) is 3.75. The first-order valence-electron chi connectivity index (χ1n) is 7.31. The van der Waals surface area contributed by atoms with Gasteiger partial charge in [0, 0.05) is 16.5 Å². The number of carbonyl (C=O) groups excluding carboxylic acids is 1. The van der Waals surface area contributed by atoms with E-state index in [9.17, 15) is 4.79 Å². The Hall–Kier alpha value is -1.56. The number of rotatable bonds is 5. The molecule has 1 N–H and O–H groups in total. The standard InChI is InChI=1S/C17H15Cl2NO3S/c1-10(24-16-5-3-12(18)7-13(16)19)17(21)20-8-11-2-4-14-15(6-11)23-9-22-14/h2-7,10H,8-9H2,1H3,(H,20,21). The van der Waals surface area contributed by atoms with Crippen molar-refractivity contribution in [1.82, 2.24) is 5.32 Å². The topological polar surface area (TPSA) is 47.6 Å². The minimum absolute atomic E-state index is 0.0660. The van der Waals surface area contributed by atoms with Gasteiger partial charge in [-0.2, -0.15) is 0 Å². The molecule has 1 unspecified atom stereocenters. The van der Waals surface area contributed by atoms with Crippen molar-refractivity contribution in [3.63, 3.8) is 0 Å². The predicted molar refractivity (Wildman–Crippen MR) is 96.2 cm³/mol. The lowest BCUT2D eigenvalue weighted by molar-refractivity contribution is -0.120. The van der Waals surface area contributed by atoms with E-state index in [1.54, 1.807) is 12.1 Å². The van der Waals surface area contributed by atoms with Gasteiger partial charge in [0.25, 0.3) is 0 Å². The minimum Gasteiger partial charge on any atom is -0.454 e. The van der Waals surface area contributed by atoms with Gasteiger partial charge in [-0.1, -0.05) is 29.3 Å². The lowest BCUT2D eigenvalue weighted by Gasteiger charge is -2.13. The Bertz CT molecular complexity index is 769. The number of carbonyl (C=O) groups is 1. The van der Waals surface area contributed by atoms with Crippen LogP contribution in [0.15, 0.2) is 41.3 Å². The Labute approximate surface area is 154 Å². The van der Waals surface area contributed by atoms with Crippen LogP contribution in [0.5, 0.6) is 11.5 Å². The number of ether oxygens (including phenoxy) is 2. The Morgan fingerprint density at radius 1 is 1.21 bits per heavy atom. The van der Waals surface area contributed by atoms with E-state index in [0.717, 1.165) is 16.2 Å². The maximum absolute atomic E-state index is 12.3. The van der Waals surface area contributed by atoms with Crippen molar-refractivity contribution >= 4 is 40.9 Å². The molecule has 0 bridgehead atoms. The van der Waals surface area contributed by atoms with E-state index in [1.165, 1.54) is 11.8 Å². The molecule has 0 fully saturated rings. The van der Waals surface area contributed by atoms with Gasteiger partial charge >= 0.3 is 0 Å². The molecule has 2 aromatic carbocycles. The SMILES string of the molecule is CC(Sc1ccc(Cl)cc1Cl)C(=O)NCc1ccc2c(c1)OCO2. The monoisotopic (exact) mass is 383 g/mol. The van der Waals surface area contributed by atoms with Crippen molar-refractivity contribution < 1.29 is 14.3 Å². The molecule has 1 amide bonds. The highest BCUT2D eigenvalue weighted by Gasteiger charge is 2.17. The first-order chi connectivity index (χ1) is 11.5. The molecule has 0 radical (unpaired) electrons. The number of thioether (sulfide) groups is 1. The number of hydrogen-bond donors (Lipinski definition) is 1. The second kappa shape index (κ2) is 7.55. The van der Waals surface area contributed by atoms with E-state index in [-0.39, 0.29) is 18.0 Å².